The molecule has 1 fully saturated rings. The van der Waals surface area contributed by atoms with E-state index in [9.17, 15) is 9.59 Å². The van der Waals surface area contributed by atoms with Gasteiger partial charge in [0, 0.05) is 40.8 Å². The van der Waals surface area contributed by atoms with E-state index in [4.69, 9.17) is 11.6 Å². The van der Waals surface area contributed by atoms with Gasteiger partial charge in [-0.25, -0.2) is 0 Å². The fourth-order valence-corrected chi connectivity index (χ4v) is 4.06. The number of halogens is 1. The molecule has 2 aromatic carbocycles. The molecule has 0 bridgehead atoms. The van der Waals surface area contributed by atoms with E-state index in [0.717, 1.165) is 18.4 Å². The molecule has 5 nitrogen and oxygen atoms in total. The summed E-state index contributed by atoms with van der Waals surface area (Å²) in [5.74, 6) is 0.110. The van der Waals surface area contributed by atoms with Crippen molar-refractivity contribution in [3.63, 3.8) is 0 Å². The van der Waals surface area contributed by atoms with Gasteiger partial charge in [0.05, 0.1) is 6.54 Å². The number of aromatic nitrogens is 1. The number of carbonyl (C=O) groups excluding carboxylic acids is 2. The standard InChI is InChI=1S/C22H22ClN3O2/c23-17-5-3-4-16(12-17)22(28)25-14-21(27)26-10-8-15(9-11-26)19-13-24-20-7-2-1-6-18(19)20/h1-7,12-13,15,24H,8-11,14H2,(H,25,28). The first-order chi connectivity index (χ1) is 13.6. The molecule has 1 aromatic heterocycles. The number of hydrogen-bond donors (Lipinski definition) is 2. The van der Waals surface area contributed by atoms with Crippen LogP contribution in [0, 0.1) is 0 Å². The Morgan fingerprint density at radius 1 is 1.11 bits per heavy atom. The Bertz CT molecular complexity index is 1010. The molecule has 4 rings (SSSR count). The van der Waals surface area contributed by atoms with E-state index in [1.807, 2.05) is 11.0 Å². The number of nitrogens with zero attached hydrogens (tertiary/aromatic N) is 1. The molecule has 1 aliphatic rings. The first-order valence-corrected chi connectivity index (χ1v) is 9.87. The summed E-state index contributed by atoms with van der Waals surface area (Å²) in [5.41, 5.74) is 2.94. The maximum Gasteiger partial charge on any atom is 0.251 e. The summed E-state index contributed by atoms with van der Waals surface area (Å²) in [6, 6.07) is 15.0. The summed E-state index contributed by atoms with van der Waals surface area (Å²) in [4.78, 5) is 29.8. The summed E-state index contributed by atoms with van der Waals surface area (Å²) in [6.45, 7) is 1.41. The fraction of sp³-hybridized carbons (Fsp3) is 0.273. The van der Waals surface area contributed by atoms with Gasteiger partial charge in [0.2, 0.25) is 5.91 Å². The van der Waals surface area contributed by atoms with Crippen LogP contribution in [0.15, 0.2) is 54.7 Å². The lowest BCUT2D eigenvalue weighted by Crippen LogP contribution is -2.43. The Labute approximate surface area is 168 Å². The highest BCUT2D eigenvalue weighted by molar-refractivity contribution is 6.31. The van der Waals surface area contributed by atoms with Gasteiger partial charge in [-0.15, -0.1) is 0 Å². The predicted molar refractivity (Wildman–Crippen MR) is 111 cm³/mol. The van der Waals surface area contributed by atoms with Crippen LogP contribution in [0.4, 0.5) is 0 Å². The number of nitrogens with one attached hydrogen (secondary N) is 2. The van der Waals surface area contributed by atoms with Gasteiger partial charge in [-0.2, -0.15) is 0 Å². The largest absolute Gasteiger partial charge is 0.361 e. The molecule has 0 atom stereocenters. The quantitative estimate of drug-likeness (QED) is 0.702. The van der Waals surface area contributed by atoms with Gasteiger partial charge in [-0.1, -0.05) is 35.9 Å². The second-order valence-electron chi connectivity index (χ2n) is 7.14. The lowest BCUT2D eigenvalue weighted by atomic mass is 9.89. The Morgan fingerprint density at radius 2 is 1.89 bits per heavy atom. The van der Waals surface area contributed by atoms with E-state index >= 15 is 0 Å². The third-order valence-electron chi connectivity index (χ3n) is 5.40. The predicted octanol–water partition coefficient (Wildman–Crippen LogP) is 3.96. The minimum absolute atomic E-state index is 0.00307. The molecule has 0 radical (unpaired) electrons. The van der Waals surface area contributed by atoms with Crippen LogP contribution in [-0.4, -0.2) is 41.3 Å². The number of fused-ring (bicyclic) bond motifs is 1. The molecule has 2 heterocycles. The van der Waals surface area contributed by atoms with Crippen LogP contribution in [0.1, 0.15) is 34.7 Å². The minimum atomic E-state index is -0.287. The molecular weight excluding hydrogens is 374 g/mol. The van der Waals surface area contributed by atoms with Crippen molar-refractivity contribution in [1.82, 2.24) is 15.2 Å². The number of benzene rings is 2. The second-order valence-corrected chi connectivity index (χ2v) is 7.57. The highest BCUT2D eigenvalue weighted by atomic mass is 35.5. The zero-order valence-electron chi connectivity index (χ0n) is 15.5. The summed E-state index contributed by atoms with van der Waals surface area (Å²) >= 11 is 5.91. The second kappa shape index (κ2) is 8.07. The van der Waals surface area contributed by atoms with E-state index in [0.29, 0.717) is 29.6 Å². The van der Waals surface area contributed by atoms with Gasteiger partial charge in [-0.3, -0.25) is 9.59 Å². The molecule has 0 spiro atoms. The molecule has 0 unspecified atom stereocenters. The fourth-order valence-electron chi connectivity index (χ4n) is 3.87. The monoisotopic (exact) mass is 395 g/mol. The molecule has 2 amide bonds. The Kier molecular flexibility index (Phi) is 5.35. The number of rotatable bonds is 4. The van der Waals surface area contributed by atoms with Gasteiger partial charge in [0.1, 0.15) is 0 Å². The number of para-hydroxylation sites is 1. The SMILES string of the molecule is O=C(NCC(=O)N1CCC(c2c[nH]c3ccccc23)CC1)c1cccc(Cl)c1. The van der Waals surface area contributed by atoms with Gasteiger partial charge < -0.3 is 15.2 Å². The van der Waals surface area contributed by atoms with Crippen LogP contribution in [0.25, 0.3) is 10.9 Å². The molecule has 3 aromatic rings. The summed E-state index contributed by atoms with van der Waals surface area (Å²) in [5, 5.41) is 4.46. The van der Waals surface area contributed by atoms with Crippen molar-refractivity contribution in [2.45, 2.75) is 18.8 Å². The maximum atomic E-state index is 12.5. The van der Waals surface area contributed by atoms with Crippen LogP contribution in [0.3, 0.4) is 0 Å². The summed E-state index contributed by atoms with van der Waals surface area (Å²) in [7, 11) is 0. The van der Waals surface area contributed by atoms with Crippen molar-refractivity contribution < 1.29 is 9.59 Å². The first kappa shape index (κ1) is 18.6. The van der Waals surface area contributed by atoms with E-state index in [2.05, 4.69) is 34.7 Å². The average molecular weight is 396 g/mol. The van der Waals surface area contributed by atoms with Crippen molar-refractivity contribution in [2.24, 2.45) is 0 Å². The molecule has 28 heavy (non-hydrogen) atoms. The molecule has 1 aliphatic heterocycles. The van der Waals surface area contributed by atoms with E-state index in [-0.39, 0.29) is 18.4 Å². The molecular formula is C22H22ClN3O2. The zero-order chi connectivity index (χ0) is 19.5. The maximum absolute atomic E-state index is 12.5. The number of aromatic amines is 1. The molecule has 0 aliphatic carbocycles. The molecule has 0 saturated carbocycles. The van der Waals surface area contributed by atoms with Crippen LogP contribution in [0.5, 0.6) is 0 Å². The topological polar surface area (TPSA) is 65.2 Å². The van der Waals surface area contributed by atoms with Crippen LogP contribution in [-0.2, 0) is 4.79 Å². The van der Waals surface area contributed by atoms with Crippen LogP contribution < -0.4 is 5.32 Å². The molecule has 6 heteroatoms. The Morgan fingerprint density at radius 3 is 2.68 bits per heavy atom. The van der Waals surface area contributed by atoms with Crippen molar-refractivity contribution in [1.29, 1.82) is 0 Å². The number of piperidine rings is 1. The van der Waals surface area contributed by atoms with Gasteiger partial charge in [0.15, 0.2) is 0 Å². The van der Waals surface area contributed by atoms with E-state index in [1.165, 1.54) is 10.9 Å². The lowest BCUT2D eigenvalue weighted by Gasteiger charge is -2.32. The van der Waals surface area contributed by atoms with E-state index < -0.39 is 0 Å². The summed E-state index contributed by atoms with van der Waals surface area (Å²) < 4.78 is 0. The number of H-pyrrole nitrogens is 1. The Balaban J connectivity index is 1.31. The highest BCUT2D eigenvalue weighted by Crippen LogP contribution is 2.33. The third kappa shape index (κ3) is 3.90. The number of likely N-dealkylation sites (tertiary alicyclic amines) is 1. The van der Waals surface area contributed by atoms with Crippen LogP contribution in [0.2, 0.25) is 5.02 Å². The number of amides is 2. The number of carbonyl (C=O) groups is 2. The van der Waals surface area contributed by atoms with Crippen molar-refractivity contribution in [3.05, 3.63) is 70.9 Å². The van der Waals surface area contributed by atoms with Crippen molar-refractivity contribution in [3.8, 4) is 0 Å². The van der Waals surface area contributed by atoms with Gasteiger partial charge in [-0.05, 0) is 48.6 Å². The van der Waals surface area contributed by atoms with E-state index in [1.54, 1.807) is 24.3 Å². The first-order valence-electron chi connectivity index (χ1n) is 9.49. The number of hydrogen-bond acceptors (Lipinski definition) is 2. The smallest absolute Gasteiger partial charge is 0.251 e. The van der Waals surface area contributed by atoms with Gasteiger partial charge in [0.25, 0.3) is 5.91 Å². The minimum Gasteiger partial charge on any atom is -0.361 e. The van der Waals surface area contributed by atoms with Gasteiger partial charge >= 0.3 is 0 Å². The molecule has 144 valence electrons. The van der Waals surface area contributed by atoms with Crippen molar-refractivity contribution in [2.75, 3.05) is 19.6 Å². The third-order valence-corrected chi connectivity index (χ3v) is 5.63. The zero-order valence-corrected chi connectivity index (χ0v) is 16.2. The normalized spacial score (nSPS) is 15.0. The molecule has 1 saturated heterocycles. The van der Waals surface area contributed by atoms with Crippen LogP contribution >= 0.6 is 11.6 Å². The molecule has 2 N–H and O–H groups in total. The van der Waals surface area contributed by atoms with Crippen molar-refractivity contribution >= 4 is 34.3 Å². The lowest BCUT2D eigenvalue weighted by molar-refractivity contribution is -0.131. The Hall–Kier alpha value is -2.79. The average Bonchev–Trinajstić information content (AvgIpc) is 3.16. The highest BCUT2D eigenvalue weighted by Gasteiger charge is 2.25. The summed E-state index contributed by atoms with van der Waals surface area (Å²) in [6.07, 6.45) is 3.95.